The van der Waals surface area contributed by atoms with E-state index in [1.165, 1.54) is 0 Å². The first-order valence-corrected chi connectivity index (χ1v) is 5.09. The Morgan fingerprint density at radius 2 is 2.20 bits per heavy atom. The summed E-state index contributed by atoms with van der Waals surface area (Å²) >= 11 is 0. The van der Waals surface area contributed by atoms with E-state index in [1.54, 1.807) is 0 Å². The molecule has 0 saturated carbocycles. The molecule has 1 aliphatic heterocycles. The van der Waals surface area contributed by atoms with Gasteiger partial charge in [0.1, 0.15) is 0 Å². The molecule has 0 aromatic heterocycles. The van der Waals surface area contributed by atoms with E-state index >= 15 is 0 Å². The Bertz CT molecular complexity index is 187. The average Bonchev–Trinajstić information content (AvgIpc) is 2.11. The molecule has 6 heteroatoms. The van der Waals surface area contributed by atoms with E-state index < -0.39 is 12.7 Å². The van der Waals surface area contributed by atoms with Gasteiger partial charge < -0.3 is 10.1 Å². The number of rotatable bonds is 4. The van der Waals surface area contributed by atoms with Crippen molar-refractivity contribution in [2.75, 3.05) is 39.3 Å². The fourth-order valence-electron chi connectivity index (χ4n) is 1.56. The van der Waals surface area contributed by atoms with Gasteiger partial charge in [0.15, 0.2) is 0 Å². The molecule has 1 aliphatic rings. The Kier molecular flexibility index (Phi) is 4.82. The van der Waals surface area contributed by atoms with Gasteiger partial charge in [-0.15, -0.1) is 0 Å². The van der Waals surface area contributed by atoms with E-state index in [-0.39, 0.29) is 6.10 Å². The number of ether oxygens (including phenoxy) is 1. The number of halogens is 3. The van der Waals surface area contributed by atoms with Crippen LogP contribution in [0.3, 0.4) is 0 Å². The number of nitrogens with zero attached hydrogens (tertiary/aromatic N) is 1. The largest absolute Gasteiger partial charge is 0.401 e. The molecule has 0 aliphatic carbocycles. The summed E-state index contributed by atoms with van der Waals surface area (Å²) in [6.07, 6.45) is -3.93. The lowest BCUT2D eigenvalue weighted by molar-refractivity contribution is -0.125. The topological polar surface area (TPSA) is 24.5 Å². The maximum absolute atomic E-state index is 11.8. The number of morpholine rings is 1. The van der Waals surface area contributed by atoms with Gasteiger partial charge in [-0.2, -0.15) is 13.2 Å². The van der Waals surface area contributed by atoms with Crippen LogP contribution in [0, 0.1) is 0 Å². The van der Waals surface area contributed by atoms with Crippen molar-refractivity contribution in [2.45, 2.75) is 19.2 Å². The van der Waals surface area contributed by atoms with Crippen molar-refractivity contribution in [3.63, 3.8) is 0 Å². The van der Waals surface area contributed by atoms with Crippen LogP contribution in [0.25, 0.3) is 0 Å². The molecule has 3 nitrogen and oxygen atoms in total. The zero-order valence-electron chi connectivity index (χ0n) is 8.81. The molecule has 0 aromatic carbocycles. The van der Waals surface area contributed by atoms with Crippen LogP contribution >= 0.6 is 0 Å². The van der Waals surface area contributed by atoms with Crippen LogP contribution in [0.1, 0.15) is 6.92 Å². The van der Waals surface area contributed by atoms with E-state index in [0.717, 1.165) is 13.1 Å². The summed E-state index contributed by atoms with van der Waals surface area (Å²) in [7, 11) is 0. The highest BCUT2D eigenvalue weighted by Crippen LogP contribution is 2.12. The van der Waals surface area contributed by atoms with Gasteiger partial charge in [0.05, 0.1) is 19.3 Å². The van der Waals surface area contributed by atoms with Gasteiger partial charge >= 0.3 is 6.18 Å². The molecule has 1 atom stereocenters. The smallest absolute Gasteiger partial charge is 0.376 e. The summed E-state index contributed by atoms with van der Waals surface area (Å²) < 4.78 is 40.7. The first-order chi connectivity index (χ1) is 6.97. The lowest BCUT2D eigenvalue weighted by Crippen LogP contribution is -2.44. The van der Waals surface area contributed by atoms with Gasteiger partial charge in [-0.1, -0.05) is 0 Å². The second-order valence-electron chi connectivity index (χ2n) is 3.77. The van der Waals surface area contributed by atoms with Gasteiger partial charge in [-0.05, 0) is 6.92 Å². The molecule has 0 aromatic rings. The standard InChI is InChI=1S/C9H17F3N2O/c1-8-6-14(4-5-15-8)3-2-13-7-9(10,11)12/h8,13H,2-7H2,1H3. The minimum atomic E-state index is -4.11. The number of alkyl halides is 3. The van der Waals surface area contributed by atoms with Crippen LogP contribution in [0.2, 0.25) is 0 Å². The molecular weight excluding hydrogens is 209 g/mol. The normalized spacial score (nSPS) is 24.4. The predicted molar refractivity (Wildman–Crippen MR) is 50.8 cm³/mol. The fraction of sp³-hybridized carbons (Fsp3) is 1.00. The molecule has 1 N–H and O–H groups in total. The summed E-state index contributed by atoms with van der Waals surface area (Å²) in [6.45, 7) is 4.34. The van der Waals surface area contributed by atoms with Crippen molar-refractivity contribution >= 4 is 0 Å². The zero-order valence-corrected chi connectivity index (χ0v) is 8.81. The maximum atomic E-state index is 11.8. The molecular formula is C9H17F3N2O. The molecule has 1 rings (SSSR count). The van der Waals surface area contributed by atoms with E-state index in [0.29, 0.717) is 19.7 Å². The van der Waals surface area contributed by atoms with Crippen molar-refractivity contribution in [3.05, 3.63) is 0 Å². The van der Waals surface area contributed by atoms with E-state index in [9.17, 15) is 13.2 Å². The van der Waals surface area contributed by atoms with E-state index in [4.69, 9.17) is 4.74 Å². The van der Waals surface area contributed by atoms with Crippen molar-refractivity contribution < 1.29 is 17.9 Å². The molecule has 1 fully saturated rings. The number of hydrogen-bond acceptors (Lipinski definition) is 3. The van der Waals surface area contributed by atoms with Gasteiger partial charge in [-0.25, -0.2) is 0 Å². The first-order valence-electron chi connectivity index (χ1n) is 5.09. The van der Waals surface area contributed by atoms with Gasteiger partial charge in [0.25, 0.3) is 0 Å². The lowest BCUT2D eigenvalue weighted by atomic mass is 10.3. The number of hydrogen-bond donors (Lipinski definition) is 1. The second-order valence-corrected chi connectivity index (χ2v) is 3.77. The highest BCUT2D eigenvalue weighted by atomic mass is 19.4. The van der Waals surface area contributed by atoms with Gasteiger partial charge in [0.2, 0.25) is 0 Å². The Morgan fingerprint density at radius 1 is 1.47 bits per heavy atom. The summed E-state index contributed by atoms with van der Waals surface area (Å²) in [6, 6.07) is 0. The van der Waals surface area contributed by atoms with Crippen LogP contribution in [0.5, 0.6) is 0 Å². The summed E-state index contributed by atoms with van der Waals surface area (Å²) in [5, 5.41) is 2.38. The molecule has 0 bridgehead atoms. The highest BCUT2D eigenvalue weighted by Gasteiger charge is 2.26. The van der Waals surface area contributed by atoms with Crippen molar-refractivity contribution in [2.24, 2.45) is 0 Å². The molecule has 15 heavy (non-hydrogen) atoms. The average molecular weight is 226 g/mol. The molecule has 1 unspecified atom stereocenters. The fourth-order valence-corrected chi connectivity index (χ4v) is 1.56. The summed E-state index contributed by atoms with van der Waals surface area (Å²) in [5.41, 5.74) is 0. The molecule has 0 radical (unpaired) electrons. The minimum Gasteiger partial charge on any atom is -0.376 e. The highest BCUT2D eigenvalue weighted by molar-refractivity contribution is 4.69. The van der Waals surface area contributed by atoms with Crippen molar-refractivity contribution in [3.8, 4) is 0 Å². The predicted octanol–water partition coefficient (Wildman–Crippen LogP) is 0.859. The lowest BCUT2D eigenvalue weighted by Gasteiger charge is -2.31. The SMILES string of the molecule is CC1CN(CCNCC(F)(F)F)CCO1. The van der Waals surface area contributed by atoms with E-state index in [1.807, 2.05) is 6.92 Å². The number of nitrogens with one attached hydrogen (secondary N) is 1. The van der Waals surface area contributed by atoms with Gasteiger partial charge in [0, 0.05) is 26.2 Å². The monoisotopic (exact) mass is 226 g/mol. The van der Waals surface area contributed by atoms with Crippen LogP contribution in [-0.2, 0) is 4.74 Å². The third-order valence-corrected chi connectivity index (χ3v) is 2.26. The third kappa shape index (κ3) is 5.96. The van der Waals surface area contributed by atoms with Gasteiger partial charge in [-0.3, -0.25) is 4.90 Å². The summed E-state index contributed by atoms with van der Waals surface area (Å²) in [5.74, 6) is 0. The third-order valence-electron chi connectivity index (χ3n) is 2.26. The molecule has 1 heterocycles. The van der Waals surface area contributed by atoms with Crippen molar-refractivity contribution in [1.29, 1.82) is 0 Å². The Morgan fingerprint density at radius 3 is 2.80 bits per heavy atom. The molecule has 0 spiro atoms. The maximum Gasteiger partial charge on any atom is 0.401 e. The van der Waals surface area contributed by atoms with Crippen molar-refractivity contribution in [1.82, 2.24) is 10.2 Å². The van der Waals surface area contributed by atoms with Crippen LogP contribution in [0.4, 0.5) is 13.2 Å². The quantitative estimate of drug-likeness (QED) is 0.719. The molecule has 90 valence electrons. The zero-order chi connectivity index (χ0) is 11.3. The second kappa shape index (κ2) is 5.67. The van der Waals surface area contributed by atoms with Crippen LogP contribution in [0.15, 0.2) is 0 Å². The Balaban J connectivity index is 2.04. The van der Waals surface area contributed by atoms with Crippen LogP contribution in [-0.4, -0.2) is 56.5 Å². The molecule has 1 saturated heterocycles. The first kappa shape index (κ1) is 12.7. The van der Waals surface area contributed by atoms with E-state index in [2.05, 4.69) is 10.2 Å². The molecule has 0 amide bonds. The minimum absolute atomic E-state index is 0.182. The Labute approximate surface area is 87.6 Å². The Hall–Kier alpha value is -0.330. The van der Waals surface area contributed by atoms with Crippen LogP contribution < -0.4 is 5.32 Å². The summed E-state index contributed by atoms with van der Waals surface area (Å²) in [4.78, 5) is 2.11.